The molecule has 0 radical (unpaired) electrons. The number of rotatable bonds is 14. The van der Waals surface area contributed by atoms with E-state index in [1.165, 1.54) is 10.4 Å². The van der Waals surface area contributed by atoms with Gasteiger partial charge in [-0.15, -0.1) is 6.58 Å². The van der Waals surface area contributed by atoms with Gasteiger partial charge in [0.2, 0.25) is 0 Å². The fourth-order valence-corrected chi connectivity index (χ4v) is 11.0. The molecule has 0 unspecified atom stereocenters. The highest BCUT2D eigenvalue weighted by molar-refractivity contribution is 6.99. The van der Waals surface area contributed by atoms with E-state index >= 15 is 0 Å². The van der Waals surface area contributed by atoms with Gasteiger partial charge in [-0.1, -0.05) is 125 Å². The van der Waals surface area contributed by atoms with Crippen molar-refractivity contribution in [2.45, 2.75) is 96.2 Å². The van der Waals surface area contributed by atoms with E-state index in [0.29, 0.717) is 26.1 Å². The van der Waals surface area contributed by atoms with Crippen LogP contribution < -0.4 is 10.4 Å². The maximum Gasteiger partial charge on any atom is 0.261 e. The molecule has 0 bridgehead atoms. The van der Waals surface area contributed by atoms with Gasteiger partial charge in [-0.05, 0) is 41.2 Å². The van der Waals surface area contributed by atoms with Gasteiger partial charge in [-0.25, -0.2) is 0 Å². The molecule has 5 atom stereocenters. The average Bonchev–Trinajstić information content (AvgIpc) is 3.30. The molecule has 1 aliphatic heterocycles. The predicted molar refractivity (Wildman–Crippen MR) is 177 cm³/mol. The maximum atomic E-state index is 11.6. The molecule has 3 aromatic carbocycles. The fraction of sp³-hybridized carbons (Fsp3) is 0.459. The lowest BCUT2D eigenvalue weighted by molar-refractivity contribution is -0.154. The zero-order valence-electron chi connectivity index (χ0n) is 26.7. The van der Waals surface area contributed by atoms with Crippen LogP contribution in [-0.4, -0.2) is 50.2 Å². The number of hydrogen-bond donors (Lipinski definition) is 1. The highest BCUT2D eigenvalue weighted by Gasteiger charge is 2.53. The molecular formula is C37H50O5Si. The van der Waals surface area contributed by atoms with E-state index in [1.807, 2.05) is 44.2 Å². The van der Waals surface area contributed by atoms with Crippen molar-refractivity contribution in [3.63, 3.8) is 0 Å². The van der Waals surface area contributed by atoms with Crippen LogP contribution >= 0.6 is 0 Å². The van der Waals surface area contributed by atoms with E-state index in [4.69, 9.17) is 18.6 Å². The van der Waals surface area contributed by atoms with E-state index in [9.17, 15) is 5.11 Å². The summed E-state index contributed by atoms with van der Waals surface area (Å²) in [5.41, 5.74) is 1.14. The summed E-state index contributed by atoms with van der Waals surface area (Å²) in [6.45, 7) is 17.8. The van der Waals surface area contributed by atoms with Gasteiger partial charge in [0.05, 0.1) is 37.6 Å². The van der Waals surface area contributed by atoms with Crippen molar-refractivity contribution in [2.24, 2.45) is 5.92 Å². The first-order valence-electron chi connectivity index (χ1n) is 15.5. The minimum absolute atomic E-state index is 0.0700. The van der Waals surface area contributed by atoms with Gasteiger partial charge in [0.15, 0.2) is 5.79 Å². The van der Waals surface area contributed by atoms with Gasteiger partial charge in [-0.3, -0.25) is 0 Å². The summed E-state index contributed by atoms with van der Waals surface area (Å²) in [5.74, 6) is -0.686. The molecule has 3 aromatic rings. The quantitative estimate of drug-likeness (QED) is 0.166. The Labute approximate surface area is 260 Å². The molecule has 0 saturated carbocycles. The molecule has 232 valence electrons. The van der Waals surface area contributed by atoms with Crippen LogP contribution in [0, 0.1) is 5.92 Å². The lowest BCUT2D eigenvalue weighted by atomic mass is 9.94. The second kappa shape index (κ2) is 14.5. The van der Waals surface area contributed by atoms with Crippen LogP contribution in [-0.2, 0) is 25.2 Å². The number of hydrogen-bond acceptors (Lipinski definition) is 5. The molecule has 5 nitrogen and oxygen atoms in total. The Hall–Kier alpha value is -2.58. The summed E-state index contributed by atoms with van der Waals surface area (Å²) in [6.07, 6.45) is 0.903. The lowest BCUT2D eigenvalue weighted by Gasteiger charge is -2.46. The van der Waals surface area contributed by atoms with Gasteiger partial charge in [-0.2, -0.15) is 0 Å². The third-order valence-corrected chi connectivity index (χ3v) is 13.4. The van der Waals surface area contributed by atoms with Gasteiger partial charge in [0.25, 0.3) is 8.32 Å². The molecule has 0 amide bonds. The topological polar surface area (TPSA) is 57.2 Å². The number of ether oxygens (including phenoxy) is 3. The van der Waals surface area contributed by atoms with Crippen LogP contribution in [0.25, 0.3) is 0 Å². The average molecular weight is 603 g/mol. The molecule has 1 saturated heterocycles. The van der Waals surface area contributed by atoms with Crippen molar-refractivity contribution in [3.05, 3.63) is 109 Å². The maximum absolute atomic E-state index is 11.6. The monoisotopic (exact) mass is 602 g/mol. The summed E-state index contributed by atoms with van der Waals surface area (Å²) < 4.78 is 26.6. The largest absolute Gasteiger partial charge is 0.402 e. The van der Waals surface area contributed by atoms with Crippen molar-refractivity contribution in [2.75, 3.05) is 6.61 Å². The van der Waals surface area contributed by atoms with Crippen molar-refractivity contribution >= 4 is 18.7 Å². The number of benzene rings is 3. The third-order valence-electron chi connectivity index (χ3n) is 8.32. The second-order valence-electron chi connectivity index (χ2n) is 13.3. The van der Waals surface area contributed by atoms with Crippen molar-refractivity contribution in [1.29, 1.82) is 0 Å². The van der Waals surface area contributed by atoms with Gasteiger partial charge >= 0.3 is 0 Å². The normalized spacial score (nSPS) is 20.8. The van der Waals surface area contributed by atoms with E-state index in [1.54, 1.807) is 6.08 Å². The molecule has 4 rings (SSSR count). The Morgan fingerprint density at radius 2 is 1.44 bits per heavy atom. The molecule has 0 aliphatic carbocycles. The van der Waals surface area contributed by atoms with E-state index in [-0.39, 0.29) is 23.2 Å². The van der Waals surface area contributed by atoms with Crippen LogP contribution in [0.2, 0.25) is 5.04 Å². The first-order chi connectivity index (χ1) is 20.5. The molecule has 0 aromatic heterocycles. The molecule has 1 heterocycles. The second-order valence-corrected chi connectivity index (χ2v) is 17.5. The third kappa shape index (κ3) is 8.12. The SMILES string of the molecule is C=CC[C@H](O)[C@@H](C[C@@H]1OC(C)(C)O[C@H]1[C@@H](C)COCc1ccccc1)O[Si](c1ccccc1)(c1ccccc1)C(C)(C)C. The summed E-state index contributed by atoms with van der Waals surface area (Å²) >= 11 is 0. The van der Waals surface area contributed by atoms with E-state index in [0.717, 1.165) is 5.56 Å². The molecule has 43 heavy (non-hydrogen) atoms. The van der Waals surface area contributed by atoms with E-state index < -0.39 is 26.3 Å². The van der Waals surface area contributed by atoms with Crippen LogP contribution in [0.5, 0.6) is 0 Å². The molecule has 1 N–H and O–H groups in total. The zero-order chi connectivity index (χ0) is 31.1. The minimum Gasteiger partial charge on any atom is -0.402 e. The Balaban J connectivity index is 1.65. The molecule has 1 fully saturated rings. The zero-order valence-corrected chi connectivity index (χ0v) is 27.7. The first kappa shape index (κ1) is 33.3. The van der Waals surface area contributed by atoms with Gasteiger partial charge in [0.1, 0.15) is 0 Å². The summed E-state index contributed by atoms with van der Waals surface area (Å²) in [4.78, 5) is 0. The van der Waals surface area contributed by atoms with Crippen LogP contribution in [0.3, 0.4) is 0 Å². The standard InChI is InChI=1S/C37H50O5Si/c1-8-18-32(38)33(42-43(36(3,4)5,30-21-14-10-15-22-30)31-23-16-11-17-24-31)25-34-35(41-37(6,7)40-34)28(2)26-39-27-29-19-12-9-13-20-29/h8-17,19-24,28,32-35,38H,1,18,25-27H2,2-7H3/t28-,32-,33+,34-,35-/m0/s1. The van der Waals surface area contributed by atoms with Gasteiger partial charge in [0, 0.05) is 12.3 Å². The molecule has 0 spiro atoms. The van der Waals surface area contributed by atoms with Crippen LogP contribution in [0.15, 0.2) is 104 Å². The summed E-state index contributed by atoms with van der Waals surface area (Å²) in [6, 6.07) is 31.3. The Morgan fingerprint density at radius 3 is 1.95 bits per heavy atom. The molecule has 1 aliphatic rings. The summed E-state index contributed by atoms with van der Waals surface area (Å²) in [5, 5.41) is 13.7. The first-order valence-corrected chi connectivity index (χ1v) is 17.4. The highest BCUT2D eigenvalue weighted by atomic mass is 28.4. The van der Waals surface area contributed by atoms with Crippen molar-refractivity contribution in [1.82, 2.24) is 0 Å². The lowest BCUT2D eigenvalue weighted by Crippen LogP contribution is -2.68. The fourth-order valence-electron chi connectivity index (χ4n) is 6.31. The van der Waals surface area contributed by atoms with Crippen molar-refractivity contribution < 1.29 is 23.7 Å². The van der Waals surface area contributed by atoms with Crippen LogP contribution in [0.1, 0.15) is 59.9 Å². The highest BCUT2D eigenvalue weighted by Crippen LogP contribution is 2.40. The predicted octanol–water partition coefficient (Wildman–Crippen LogP) is 6.63. The minimum atomic E-state index is -2.93. The Morgan fingerprint density at radius 1 is 0.907 bits per heavy atom. The van der Waals surface area contributed by atoms with E-state index in [2.05, 4.69) is 94.9 Å². The Kier molecular flexibility index (Phi) is 11.2. The Bertz CT molecular complexity index is 1220. The van der Waals surface area contributed by atoms with Crippen LogP contribution in [0.4, 0.5) is 0 Å². The molecule has 6 heteroatoms. The van der Waals surface area contributed by atoms with Gasteiger partial charge < -0.3 is 23.7 Å². The smallest absolute Gasteiger partial charge is 0.261 e. The molecular weight excluding hydrogens is 552 g/mol. The summed E-state index contributed by atoms with van der Waals surface area (Å²) in [7, 11) is -2.93. The van der Waals surface area contributed by atoms with Crippen molar-refractivity contribution in [3.8, 4) is 0 Å². The number of aliphatic hydroxyl groups excluding tert-OH is 1. The number of aliphatic hydroxyl groups is 1.